The number of nitrogens with one attached hydrogen (secondary N) is 1. The molecule has 2 aromatic carbocycles. The van der Waals surface area contributed by atoms with Crippen molar-refractivity contribution in [1.82, 2.24) is 5.43 Å². The predicted octanol–water partition coefficient (Wildman–Crippen LogP) is 3.04. The molecular weight excluding hydrogens is 320 g/mol. The molecule has 132 valence electrons. The number of hydrogen-bond donors (Lipinski definition) is 1. The van der Waals surface area contributed by atoms with Crippen LogP contribution in [0.4, 0.5) is 0 Å². The molecule has 0 aliphatic carbocycles. The molecule has 1 N–H and O–H groups in total. The van der Waals surface area contributed by atoms with Crippen LogP contribution in [0.2, 0.25) is 0 Å². The van der Waals surface area contributed by atoms with Gasteiger partial charge in [0.25, 0.3) is 5.91 Å². The lowest BCUT2D eigenvalue weighted by Gasteiger charge is -2.13. The third-order valence-corrected chi connectivity index (χ3v) is 3.75. The minimum atomic E-state index is -0.304. The first-order valence-electron chi connectivity index (χ1n) is 7.85. The van der Waals surface area contributed by atoms with Gasteiger partial charge in [0.05, 0.1) is 27.5 Å². The summed E-state index contributed by atoms with van der Waals surface area (Å²) in [7, 11) is 4.80. The van der Waals surface area contributed by atoms with Crippen molar-refractivity contribution in [1.29, 1.82) is 0 Å². The first kappa shape index (κ1) is 18.3. The molecule has 0 aliphatic heterocycles. The van der Waals surface area contributed by atoms with Gasteiger partial charge in [0.1, 0.15) is 17.2 Å². The van der Waals surface area contributed by atoms with Crippen LogP contribution in [0.1, 0.15) is 28.4 Å². The molecule has 25 heavy (non-hydrogen) atoms. The second-order valence-corrected chi connectivity index (χ2v) is 5.15. The Morgan fingerprint density at radius 3 is 2.32 bits per heavy atom. The summed E-state index contributed by atoms with van der Waals surface area (Å²) < 4.78 is 15.9. The van der Waals surface area contributed by atoms with Crippen molar-refractivity contribution < 1.29 is 19.0 Å². The topological polar surface area (TPSA) is 69.2 Å². The van der Waals surface area contributed by atoms with Crippen LogP contribution in [0, 0.1) is 0 Å². The lowest BCUT2D eigenvalue weighted by atomic mass is 10.1. The van der Waals surface area contributed by atoms with Crippen molar-refractivity contribution in [2.45, 2.75) is 13.3 Å². The van der Waals surface area contributed by atoms with E-state index in [9.17, 15) is 4.79 Å². The maximum atomic E-state index is 12.1. The summed E-state index contributed by atoms with van der Waals surface area (Å²) in [6, 6.07) is 10.5. The Bertz CT molecular complexity index is 755. The van der Waals surface area contributed by atoms with Gasteiger partial charge in [-0.1, -0.05) is 6.92 Å². The van der Waals surface area contributed by atoms with Gasteiger partial charge in [-0.25, -0.2) is 5.43 Å². The Morgan fingerprint density at radius 1 is 1.04 bits per heavy atom. The second-order valence-electron chi connectivity index (χ2n) is 5.15. The van der Waals surface area contributed by atoms with E-state index in [0.29, 0.717) is 17.1 Å². The van der Waals surface area contributed by atoms with E-state index in [-0.39, 0.29) is 5.91 Å². The summed E-state index contributed by atoms with van der Waals surface area (Å²) in [5.74, 6) is 1.83. The molecule has 1 amide bonds. The van der Waals surface area contributed by atoms with Gasteiger partial charge < -0.3 is 14.2 Å². The maximum Gasteiger partial charge on any atom is 0.271 e. The Morgan fingerprint density at radius 2 is 1.76 bits per heavy atom. The molecule has 0 aliphatic rings. The van der Waals surface area contributed by atoms with Gasteiger partial charge in [0.15, 0.2) is 0 Å². The maximum absolute atomic E-state index is 12.1. The highest BCUT2D eigenvalue weighted by Gasteiger charge is 2.12. The van der Waals surface area contributed by atoms with Crippen LogP contribution in [0.5, 0.6) is 17.2 Å². The van der Waals surface area contributed by atoms with Crippen molar-refractivity contribution in [3.63, 3.8) is 0 Å². The molecule has 6 nitrogen and oxygen atoms in total. The van der Waals surface area contributed by atoms with E-state index in [4.69, 9.17) is 14.2 Å². The molecule has 0 spiro atoms. The SMILES string of the molecule is CCc1c(OC)ccc(/C=N\NC(=O)c2ccc(OC)cc2)c1OC. The third kappa shape index (κ3) is 4.29. The van der Waals surface area contributed by atoms with Crippen LogP contribution in [0.3, 0.4) is 0 Å². The Hall–Kier alpha value is -3.02. The highest BCUT2D eigenvalue weighted by molar-refractivity contribution is 5.95. The summed E-state index contributed by atoms with van der Waals surface area (Å²) in [5.41, 5.74) is 4.71. The molecule has 2 rings (SSSR count). The zero-order valence-electron chi connectivity index (χ0n) is 14.8. The van der Waals surface area contributed by atoms with E-state index in [1.807, 2.05) is 19.1 Å². The molecule has 0 unspecified atom stereocenters. The Kier molecular flexibility index (Phi) is 6.39. The Labute approximate surface area is 147 Å². The molecule has 0 saturated heterocycles. The number of rotatable bonds is 7. The zero-order chi connectivity index (χ0) is 18.2. The summed E-state index contributed by atoms with van der Waals surface area (Å²) in [4.78, 5) is 12.1. The van der Waals surface area contributed by atoms with Crippen molar-refractivity contribution in [3.8, 4) is 17.2 Å². The number of carbonyl (C=O) groups excluding carboxylic acids is 1. The van der Waals surface area contributed by atoms with Crippen LogP contribution in [-0.2, 0) is 6.42 Å². The average Bonchev–Trinajstić information content (AvgIpc) is 2.67. The van der Waals surface area contributed by atoms with Gasteiger partial charge in [0, 0.05) is 16.7 Å². The first-order chi connectivity index (χ1) is 12.1. The van der Waals surface area contributed by atoms with Gasteiger partial charge in [-0.2, -0.15) is 5.10 Å². The molecule has 6 heteroatoms. The lowest BCUT2D eigenvalue weighted by molar-refractivity contribution is 0.0955. The van der Waals surface area contributed by atoms with E-state index < -0.39 is 0 Å². The van der Waals surface area contributed by atoms with Gasteiger partial charge in [0.2, 0.25) is 0 Å². The van der Waals surface area contributed by atoms with Crippen LogP contribution in [0.15, 0.2) is 41.5 Å². The van der Waals surface area contributed by atoms with Crippen LogP contribution >= 0.6 is 0 Å². The second kappa shape index (κ2) is 8.73. The minimum absolute atomic E-state index is 0.304. The van der Waals surface area contributed by atoms with Gasteiger partial charge in [-0.15, -0.1) is 0 Å². The smallest absolute Gasteiger partial charge is 0.271 e. The van der Waals surface area contributed by atoms with Crippen LogP contribution in [0.25, 0.3) is 0 Å². The largest absolute Gasteiger partial charge is 0.497 e. The molecule has 0 radical (unpaired) electrons. The van der Waals surface area contributed by atoms with Crippen LogP contribution in [-0.4, -0.2) is 33.5 Å². The lowest BCUT2D eigenvalue weighted by Crippen LogP contribution is -2.17. The summed E-state index contributed by atoms with van der Waals surface area (Å²) in [6.45, 7) is 2.02. The van der Waals surface area contributed by atoms with Crippen molar-refractivity contribution in [2.75, 3.05) is 21.3 Å². The molecule has 0 aromatic heterocycles. The third-order valence-electron chi connectivity index (χ3n) is 3.75. The summed E-state index contributed by atoms with van der Waals surface area (Å²) in [5, 5.41) is 4.02. The van der Waals surface area contributed by atoms with Gasteiger partial charge >= 0.3 is 0 Å². The molecule has 2 aromatic rings. The fourth-order valence-corrected chi connectivity index (χ4v) is 2.46. The van der Waals surface area contributed by atoms with E-state index in [2.05, 4.69) is 10.5 Å². The molecule has 0 bridgehead atoms. The van der Waals surface area contributed by atoms with E-state index in [0.717, 1.165) is 23.3 Å². The quantitative estimate of drug-likeness (QED) is 0.620. The van der Waals surface area contributed by atoms with Crippen LogP contribution < -0.4 is 19.6 Å². The highest BCUT2D eigenvalue weighted by atomic mass is 16.5. The number of methoxy groups -OCH3 is 3. The van der Waals surface area contributed by atoms with E-state index in [1.54, 1.807) is 51.8 Å². The number of carbonyl (C=O) groups is 1. The number of hydrazone groups is 1. The zero-order valence-corrected chi connectivity index (χ0v) is 14.8. The van der Waals surface area contributed by atoms with E-state index >= 15 is 0 Å². The number of hydrogen-bond acceptors (Lipinski definition) is 5. The number of nitrogens with zero attached hydrogens (tertiary/aromatic N) is 1. The fraction of sp³-hybridized carbons (Fsp3) is 0.263. The average molecular weight is 342 g/mol. The van der Waals surface area contributed by atoms with Crippen molar-refractivity contribution in [3.05, 3.63) is 53.1 Å². The molecule has 0 heterocycles. The predicted molar refractivity (Wildman–Crippen MR) is 97.0 cm³/mol. The van der Waals surface area contributed by atoms with Gasteiger partial charge in [-0.3, -0.25) is 4.79 Å². The normalized spacial score (nSPS) is 10.6. The minimum Gasteiger partial charge on any atom is -0.497 e. The molecular formula is C19H22N2O4. The van der Waals surface area contributed by atoms with Crippen molar-refractivity contribution >= 4 is 12.1 Å². The molecule has 0 fully saturated rings. The molecule has 0 atom stereocenters. The molecule has 0 saturated carbocycles. The van der Waals surface area contributed by atoms with E-state index in [1.165, 1.54) is 0 Å². The van der Waals surface area contributed by atoms with Crippen molar-refractivity contribution in [2.24, 2.45) is 5.10 Å². The summed E-state index contributed by atoms with van der Waals surface area (Å²) >= 11 is 0. The first-order valence-corrected chi connectivity index (χ1v) is 7.85. The van der Waals surface area contributed by atoms with Gasteiger partial charge in [-0.05, 0) is 42.8 Å². The number of amides is 1. The fourth-order valence-electron chi connectivity index (χ4n) is 2.46. The number of ether oxygens (including phenoxy) is 3. The Balaban J connectivity index is 2.14. The highest BCUT2D eigenvalue weighted by Crippen LogP contribution is 2.31. The summed E-state index contributed by atoms with van der Waals surface area (Å²) in [6.07, 6.45) is 2.31. The standard InChI is InChI=1S/C19H22N2O4/c1-5-16-17(24-3)11-8-14(18(16)25-4)12-20-21-19(22)13-6-9-15(23-2)10-7-13/h6-12H,5H2,1-4H3,(H,21,22)/b20-12-. The number of benzene rings is 2. The monoisotopic (exact) mass is 342 g/mol.